The highest BCUT2D eigenvalue weighted by Gasteiger charge is 2.05. The Morgan fingerprint density at radius 2 is 1.94 bits per heavy atom. The highest BCUT2D eigenvalue weighted by atomic mass is 35.5. The molecule has 2 rings (SSSR count). The zero-order valence-electron chi connectivity index (χ0n) is 10.8. The standard InChI is InChI=1S/C15H16ClNO/c1-10(2)12-5-4-6-13(9-12)18-14-7-8-15(16)17-11(14)3/h4-10H,1-3H3. The molecule has 0 aliphatic heterocycles. The van der Waals surface area contributed by atoms with Crippen LogP contribution in [-0.4, -0.2) is 4.98 Å². The molecule has 0 spiro atoms. The quantitative estimate of drug-likeness (QED) is 0.729. The lowest BCUT2D eigenvalue weighted by atomic mass is 10.0. The zero-order valence-corrected chi connectivity index (χ0v) is 11.5. The molecule has 3 heteroatoms. The second kappa shape index (κ2) is 5.40. The lowest BCUT2D eigenvalue weighted by molar-refractivity contribution is 0.474. The Hall–Kier alpha value is -1.54. The Morgan fingerprint density at radius 1 is 1.17 bits per heavy atom. The van der Waals surface area contributed by atoms with Gasteiger partial charge in [0.25, 0.3) is 0 Å². The summed E-state index contributed by atoms with van der Waals surface area (Å²) in [5.74, 6) is 2.05. The summed E-state index contributed by atoms with van der Waals surface area (Å²) in [6.45, 7) is 6.20. The van der Waals surface area contributed by atoms with Gasteiger partial charge in [-0.05, 0) is 42.7 Å². The maximum atomic E-state index is 5.83. The number of nitrogens with zero attached hydrogens (tertiary/aromatic N) is 1. The van der Waals surface area contributed by atoms with Crippen LogP contribution in [0.2, 0.25) is 5.15 Å². The Balaban J connectivity index is 2.25. The highest BCUT2D eigenvalue weighted by Crippen LogP contribution is 2.27. The number of hydrogen-bond acceptors (Lipinski definition) is 2. The monoisotopic (exact) mass is 261 g/mol. The molecular formula is C15H16ClNO. The van der Waals surface area contributed by atoms with Gasteiger partial charge in [0.05, 0.1) is 5.69 Å². The summed E-state index contributed by atoms with van der Waals surface area (Å²) in [6.07, 6.45) is 0. The molecule has 0 fully saturated rings. The van der Waals surface area contributed by atoms with Gasteiger partial charge < -0.3 is 4.74 Å². The number of benzene rings is 1. The molecule has 94 valence electrons. The van der Waals surface area contributed by atoms with Crippen LogP contribution < -0.4 is 4.74 Å². The molecule has 0 unspecified atom stereocenters. The van der Waals surface area contributed by atoms with Gasteiger partial charge in [-0.2, -0.15) is 0 Å². The van der Waals surface area contributed by atoms with E-state index < -0.39 is 0 Å². The lowest BCUT2D eigenvalue weighted by Crippen LogP contribution is -1.92. The predicted octanol–water partition coefficient (Wildman–Crippen LogP) is 4.96. The molecule has 1 heterocycles. The maximum absolute atomic E-state index is 5.83. The number of aromatic nitrogens is 1. The fourth-order valence-electron chi connectivity index (χ4n) is 1.69. The molecule has 0 amide bonds. The minimum absolute atomic E-state index is 0.482. The predicted molar refractivity (Wildman–Crippen MR) is 74.6 cm³/mol. The van der Waals surface area contributed by atoms with E-state index in [1.807, 2.05) is 25.1 Å². The fraction of sp³-hybridized carbons (Fsp3) is 0.267. The van der Waals surface area contributed by atoms with E-state index in [1.165, 1.54) is 5.56 Å². The molecule has 0 saturated heterocycles. The van der Waals surface area contributed by atoms with Crippen molar-refractivity contribution in [3.05, 3.63) is 52.8 Å². The van der Waals surface area contributed by atoms with Crippen LogP contribution >= 0.6 is 11.6 Å². The molecule has 0 saturated carbocycles. The van der Waals surface area contributed by atoms with Crippen molar-refractivity contribution in [3.63, 3.8) is 0 Å². The van der Waals surface area contributed by atoms with Crippen molar-refractivity contribution in [2.24, 2.45) is 0 Å². The van der Waals surface area contributed by atoms with Gasteiger partial charge >= 0.3 is 0 Å². The van der Waals surface area contributed by atoms with E-state index in [0.717, 1.165) is 17.2 Å². The molecule has 0 aliphatic rings. The summed E-state index contributed by atoms with van der Waals surface area (Å²) < 4.78 is 5.83. The average molecular weight is 262 g/mol. The van der Waals surface area contributed by atoms with Gasteiger partial charge in [0.15, 0.2) is 0 Å². The van der Waals surface area contributed by atoms with Crippen LogP contribution in [0.15, 0.2) is 36.4 Å². The molecular weight excluding hydrogens is 246 g/mol. The summed E-state index contributed by atoms with van der Waals surface area (Å²) >= 11 is 5.82. The summed E-state index contributed by atoms with van der Waals surface area (Å²) in [5.41, 5.74) is 2.05. The largest absolute Gasteiger partial charge is 0.455 e. The molecule has 18 heavy (non-hydrogen) atoms. The SMILES string of the molecule is Cc1nc(Cl)ccc1Oc1cccc(C(C)C)c1. The second-order valence-corrected chi connectivity index (χ2v) is 4.93. The first-order chi connectivity index (χ1) is 8.56. The molecule has 0 bridgehead atoms. The van der Waals surface area contributed by atoms with Gasteiger partial charge in [0, 0.05) is 0 Å². The van der Waals surface area contributed by atoms with E-state index in [1.54, 1.807) is 6.07 Å². The number of hydrogen-bond donors (Lipinski definition) is 0. The Morgan fingerprint density at radius 3 is 2.61 bits per heavy atom. The topological polar surface area (TPSA) is 22.1 Å². The molecule has 1 aromatic carbocycles. The number of halogens is 1. The second-order valence-electron chi connectivity index (χ2n) is 4.55. The number of aryl methyl sites for hydroxylation is 1. The Bertz CT molecular complexity index is 552. The van der Waals surface area contributed by atoms with Crippen LogP contribution in [0.3, 0.4) is 0 Å². The summed E-state index contributed by atoms with van der Waals surface area (Å²) in [5, 5.41) is 0.482. The Labute approximate surface area is 113 Å². The van der Waals surface area contributed by atoms with Crippen molar-refractivity contribution >= 4 is 11.6 Å². The van der Waals surface area contributed by atoms with E-state index in [9.17, 15) is 0 Å². The van der Waals surface area contributed by atoms with Gasteiger partial charge in [0.2, 0.25) is 0 Å². The summed E-state index contributed by atoms with van der Waals surface area (Å²) in [6, 6.07) is 11.7. The third-order valence-electron chi connectivity index (χ3n) is 2.76. The van der Waals surface area contributed by atoms with Crippen molar-refractivity contribution < 1.29 is 4.74 Å². The van der Waals surface area contributed by atoms with Crippen LogP contribution in [0, 0.1) is 6.92 Å². The minimum atomic E-state index is 0.482. The summed E-state index contributed by atoms with van der Waals surface area (Å²) in [7, 11) is 0. The van der Waals surface area contributed by atoms with Crippen LogP contribution in [-0.2, 0) is 0 Å². The molecule has 1 aromatic heterocycles. The van der Waals surface area contributed by atoms with E-state index in [0.29, 0.717) is 11.1 Å². The molecule has 0 atom stereocenters. The van der Waals surface area contributed by atoms with Gasteiger partial charge in [0.1, 0.15) is 16.7 Å². The normalized spacial score (nSPS) is 10.7. The van der Waals surface area contributed by atoms with Crippen molar-refractivity contribution in [2.45, 2.75) is 26.7 Å². The van der Waals surface area contributed by atoms with Gasteiger partial charge in [-0.25, -0.2) is 4.98 Å². The van der Waals surface area contributed by atoms with E-state index in [4.69, 9.17) is 16.3 Å². The first-order valence-electron chi connectivity index (χ1n) is 5.97. The van der Waals surface area contributed by atoms with Crippen LogP contribution in [0.4, 0.5) is 0 Å². The Kier molecular flexibility index (Phi) is 3.87. The molecule has 0 aliphatic carbocycles. The third-order valence-corrected chi connectivity index (χ3v) is 2.97. The highest BCUT2D eigenvalue weighted by molar-refractivity contribution is 6.29. The molecule has 2 aromatic rings. The number of pyridine rings is 1. The summed E-state index contributed by atoms with van der Waals surface area (Å²) in [4.78, 5) is 4.17. The zero-order chi connectivity index (χ0) is 13.1. The first-order valence-corrected chi connectivity index (χ1v) is 6.35. The minimum Gasteiger partial charge on any atom is -0.455 e. The van der Waals surface area contributed by atoms with Gasteiger partial charge in [-0.1, -0.05) is 37.6 Å². The molecule has 0 N–H and O–H groups in total. The van der Waals surface area contributed by atoms with E-state index in [-0.39, 0.29) is 0 Å². The first kappa shape index (κ1) is 12.9. The van der Waals surface area contributed by atoms with Crippen molar-refractivity contribution in [1.82, 2.24) is 4.98 Å². The van der Waals surface area contributed by atoms with Crippen LogP contribution in [0.5, 0.6) is 11.5 Å². The lowest BCUT2D eigenvalue weighted by Gasteiger charge is -2.11. The number of rotatable bonds is 3. The fourth-order valence-corrected chi connectivity index (χ4v) is 1.88. The molecule has 2 nitrogen and oxygen atoms in total. The van der Waals surface area contributed by atoms with Crippen molar-refractivity contribution in [1.29, 1.82) is 0 Å². The average Bonchev–Trinajstić information content (AvgIpc) is 2.33. The van der Waals surface area contributed by atoms with Crippen molar-refractivity contribution in [3.8, 4) is 11.5 Å². The smallest absolute Gasteiger partial charge is 0.148 e. The van der Waals surface area contributed by atoms with Crippen LogP contribution in [0.1, 0.15) is 31.0 Å². The maximum Gasteiger partial charge on any atom is 0.148 e. The van der Waals surface area contributed by atoms with Gasteiger partial charge in [-0.3, -0.25) is 0 Å². The van der Waals surface area contributed by atoms with E-state index >= 15 is 0 Å². The van der Waals surface area contributed by atoms with Crippen molar-refractivity contribution in [2.75, 3.05) is 0 Å². The van der Waals surface area contributed by atoms with Crippen LogP contribution in [0.25, 0.3) is 0 Å². The van der Waals surface area contributed by atoms with E-state index in [2.05, 4.69) is 31.0 Å². The number of ether oxygens (including phenoxy) is 1. The third kappa shape index (κ3) is 3.02. The molecule has 0 radical (unpaired) electrons. The van der Waals surface area contributed by atoms with Gasteiger partial charge in [-0.15, -0.1) is 0 Å².